The van der Waals surface area contributed by atoms with Crippen LogP contribution in [0.25, 0.3) is 0 Å². The van der Waals surface area contributed by atoms with E-state index < -0.39 is 0 Å². The Morgan fingerprint density at radius 2 is 1.94 bits per heavy atom. The first-order valence-electron chi connectivity index (χ1n) is 5.97. The van der Waals surface area contributed by atoms with E-state index in [0.29, 0.717) is 13.2 Å². The van der Waals surface area contributed by atoms with Gasteiger partial charge in [-0.2, -0.15) is 0 Å². The second kappa shape index (κ2) is 4.84. The topological polar surface area (TPSA) is 56.5 Å². The molecule has 0 saturated carbocycles. The summed E-state index contributed by atoms with van der Waals surface area (Å²) < 4.78 is 11.0. The van der Waals surface area contributed by atoms with Crippen LogP contribution in [-0.2, 0) is 0 Å². The number of nitrogens with two attached hydrogens (primary N) is 1. The van der Waals surface area contributed by atoms with Crippen LogP contribution in [0.2, 0.25) is 0 Å². The van der Waals surface area contributed by atoms with Gasteiger partial charge in [0.25, 0.3) is 0 Å². The van der Waals surface area contributed by atoms with Gasteiger partial charge in [-0.15, -0.1) is 0 Å². The smallest absolute Gasteiger partial charge is 0.163 e. The molecule has 0 spiro atoms. The molecule has 1 aromatic carbocycles. The minimum absolute atomic E-state index is 0.138. The average Bonchev–Trinajstić information content (AvgIpc) is 2.27. The Kier molecular flexibility index (Phi) is 3.43. The van der Waals surface area contributed by atoms with Crippen LogP contribution in [-0.4, -0.2) is 25.3 Å². The molecule has 0 bridgehead atoms. The molecular formula is C13H20N2O2. The normalized spacial score (nSPS) is 14.5. The second-order valence-electron chi connectivity index (χ2n) is 5.02. The van der Waals surface area contributed by atoms with E-state index in [2.05, 4.69) is 5.32 Å². The summed E-state index contributed by atoms with van der Waals surface area (Å²) in [6.45, 7) is 6.15. The van der Waals surface area contributed by atoms with E-state index in [0.717, 1.165) is 30.2 Å². The van der Waals surface area contributed by atoms with Gasteiger partial charge in [0, 0.05) is 23.8 Å². The number of fused-ring (bicyclic) bond motifs is 1. The molecule has 1 aliphatic rings. The molecular weight excluding hydrogens is 216 g/mol. The van der Waals surface area contributed by atoms with E-state index in [1.165, 1.54) is 0 Å². The minimum atomic E-state index is -0.138. The highest BCUT2D eigenvalue weighted by Crippen LogP contribution is 2.32. The highest BCUT2D eigenvalue weighted by molar-refractivity contribution is 5.55. The Bertz CT molecular complexity index is 385. The van der Waals surface area contributed by atoms with Crippen LogP contribution >= 0.6 is 0 Å². The lowest BCUT2D eigenvalue weighted by Gasteiger charge is -2.21. The first kappa shape index (κ1) is 12.0. The van der Waals surface area contributed by atoms with Crippen LogP contribution in [0.1, 0.15) is 20.3 Å². The van der Waals surface area contributed by atoms with Gasteiger partial charge < -0.3 is 20.5 Å². The molecule has 4 nitrogen and oxygen atoms in total. The number of benzene rings is 1. The molecule has 0 atom stereocenters. The zero-order valence-corrected chi connectivity index (χ0v) is 10.5. The number of hydrogen-bond acceptors (Lipinski definition) is 4. The highest BCUT2D eigenvalue weighted by atomic mass is 16.6. The van der Waals surface area contributed by atoms with Crippen molar-refractivity contribution in [1.29, 1.82) is 0 Å². The Hall–Kier alpha value is -1.42. The summed E-state index contributed by atoms with van der Waals surface area (Å²) in [7, 11) is 0. The third-order valence-corrected chi connectivity index (χ3v) is 2.64. The summed E-state index contributed by atoms with van der Waals surface area (Å²) in [6.07, 6.45) is 0.918. The maximum Gasteiger partial charge on any atom is 0.163 e. The third-order valence-electron chi connectivity index (χ3n) is 2.64. The number of ether oxygens (including phenoxy) is 2. The van der Waals surface area contributed by atoms with Crippen LogP contribution in [0.3, 0.4) is 0 Å². The van der Waals surface area contributed by atoms with Crippen LogP contribution in [0, 0.1) is 0 Å². The average molecular weight is 236 g/mol. The van der Waals surface area contributed by atoms with E-state index in [1.54, 1.807) is 0 Å². The predicted molar refractivity (Wildman–Crippen MR) is 68.8 cm³/mol. The Morgan fingerprint density at radius 1 is 1.24 bits per heavy atom. The number of rotatable bonds is 4. The van der Waals surface area contributed by atoms with Crippen molar-refractivity contribution < 1.29 is 9.47 Å². The molecule has 2 rings (SSSR count). The zero-order chi connectivity index (χ0) is 12.3. The molecule has 0 unspecified atom stereocenters. The van der Waals surface area contributed by atoms with Crippen molar-refractivity contribution in [2.75, 3.05) is 25.1 Å². The monoisotopic (exact) mass is 236 g/mol. The lowest BCUT2D eigenvalue weighted by Crippen LogP contribution is -2.34. The molecule has 17 heavy (non-hydrogen) atoms. The predicted octanol–water partition coefficient (Wildman–Crippen LogP) is 2.00. The summed E-state index contributed by atoms with van der Waals surface area (Å²) in [6, 6.07) is 5.90. The molecule has 0 amide bonds. The first-order valence-corrected chi connectivity index (χ1v) is 5.97. The fourth-order valence-corrected chi connectivity index (χ4v) is 1.68. The van der Waals surface area contributed by atoms with Gasteiger partial charge in [-0.3, -0.25) is 0 Å². The zero-order valence-electron chi connectivity index (χ0n) is 10.5. The molecule has 4 heteroatoms. The SMILES string of the molecule is CC(C)(N)CCNc1ccc2c(c1)OCCO2. The Labute approximate surface area is 102 Å². The third kappa shape index (κ3) is 3.53. The van der Waals surface area contributed by atoms with Crippen molar-refractivity contribution in [1.82, 2.24) is 0 Å². The molecule has 0 radical (unpaired) electrons. The largest absolute Gasteiger partial charge is 0.486 e. The fraction of sp³-hybridized carbons (Fsp3) is 0.538. The summed E-state index contributed by atoms with van der Waals surface area (Å²) in [5.74, 6) is 1.63. The van der Waals surface area contributed by atoms with E-state index in [4.69, 9.17) is 15.2 Å². The number of hydrogen-bond donors (Lipinski definition) is 2. The van der Waals surface area contributed by atoms with Crippen molar-refractivity contribution in [3.05, 3.63) is 18.2 Å². The molecule has 0 fully saturated rings. The summed E-state index contributed by atoms with van der Waals surface area (Å²) >= 11 is 0. The van der Waals surface area contributed by atoms with Gasteiger partial charge in [0.1, 0.15) is 13.2 Å². The standard InChI is InChI=1S/C13H20N2O2/c1-13(2,14)5-6-15-10-3-4-11-12(9-10)17-8-7-16-11/h3-4,9,15H,5-8,14H2,1-2H3. The van der Waals surface area contributed by atoms with E-state index in [-0.39, 0.29) is 5.54 Å². The molecule has 0 aromatic heterocycles. The van der Waals surface area contributed by atoms with Crippen molar-refractivity contribution in [3.63, 3.8) is 0 Å². The highest BCUT2D eigenvalue weighted by Gasteiger charge is 2.12. The van der Waals surface area contributed by atoms with Gasteiger partial charge in [-0.05, 0) is 32.4 Å². The first-order chi connectivity index (χ1) is 8.04. The molecule has 3 N–H and O–H groups in total. The number of nitrogens with one attached hydrogen (secondary N) is 1. The molecule has 1 aromatic rings. The van der Waals surface area contributed by atoms with Crippen molar-refractivity contribution >= 4 is 5.69 Å². The van der Waals surface area contributed by atoms with Crippen LogP contribution in [0.5, 0.6) is 11.5 Å². The quantitative estimate of drug-likeness (QED) is 0.839. The molecule has 1 aliphatic heterocycles. The second-order valence-corrected chi connectivity index (χ2v) is 5.02. The molecule has 0 aliphatic carbocycles. The van der Waals surface area contributed by atoms with Crippen molar-refractivity contribution in [2.24, 2.45) is 5.73 Å². The fourth-order valence-electron chi connectivity index (χ4n) is 1.68. The van der Waals surface area contributed by atoms with Gasteiger partial charge in [0.2, 0.25) is 0 Å². The molecule has 0 saturated heterocycles. The summed E-state index contributed by atoms with van der Waals surface area (Å²) in [5, 5.41) is 3.34. The van der Waals surface area contributed by atoms with Gasteiger partial charge in [-0.1, -0.05) is 0 Å². The lowest BCUT2D eigenvalue weighted by molar-refractivity contribution is 0.171. The summed E-state index contributed by atoms with van der Waals surface area (Å²) in [5.41, 5.74) is 6.83. The Morgan fingerprint density at radius 3 is 2.65 bits per heavy atom. The lowest BCUT2D eigenvalue weighted by atomic mass is 10.0. The van der Waals surface area contributed by atoms with Crippen LogP contribution in [0.4, 0.5) is 5.69 Å². The maximum absolute atomic E-state index is 5.93. The van der Waals surface area contributed by atoms with Gasteiger partial charge in [-0.25, -0.2) is 0 Å². The van der Waals surface area contributed by atoms with E-state index in [1.807, 2.05) is 32.0 Å². The van der Waals surface area contributed by atoms with Gasteiger partial charge in [0.05, 0.1) is 0 Å². The Balaban J connectivity index is 1.93. The van der Waals surface area contributed by atoms with Crippen LogP contribution in [0.15, 0.2) is 18.2 Å². The summed E-state index contributed by atoms with van der Waals surface area (Å²) in [4.78, 5) is 0. The van der Waals surface area contributed by atoms with Crippen molar-refractivity contribution in [3.8, 4) is 11.5 Å². The molecule has 94 valence electrons. The maximum atomic E-state index is 5.93. The van der Waals surface area contributed by atoms with E-state index >= 15 is 0 Å². The van der Waals surface area contributed by atoms with E-state index in [9.17, 15) is 0 Å². The van der Waals surface area contributed by atoms with Crippen LogP contribution < -0.4 is 20.5 Å². The van der Waals surface area contributed by atoms with Gasteiger partial charge in [0.15, 0.2) is 11.5 Å². The molecule has 1 heterocycles. The van der Waals surface area contributed by atoms with Crippen molar-refractivity contribution in [2.45, 2.75) is 25.8 Å². The minimum Gasteiger partial charge on any atom is -0.486 e. The van der Waals surface area contributed by atoms with Gasteiger partial charge >= 0.3 is 0 Å². The number of anilines is 1.